The molecule has 0 fully saturated rings. The molecule has 2 N–H and O–H groups in total. The lowest BCUT2D eigenvalue weighted by Crippen LogP contribution is -2.14. The zero-order chi connectivity index (χ0) is 10.7. The number of ether oxygens (including phenoxy) is 1. The Kier molecular flexibility index (Phi) is 3.01. The Morgan fingerprint density at radius 1 is 1.64 bits per heavy atom. The zero-order valence-electron chi connectivity index (χ0n) is 7.95. The topological polar surface area (TPSA) is 65.2 Å². The molecular formula is C9H11FN2O2. The standard InChI is InChI=1S/C9H11FN2O2/c1-5(2)14-9(13)7-3-6(11)4-12-8(7)10/h3-5H,11H2,1-2H3. The van der Waals surface area contributed by atoms with E-state index in [2.05, 4.69) is 4.98 Å². The number of anilines is 1. The fourth-order valence-corrected chi connectivity index (χ4v) is 0.885. The zero-order valence-corrected chi connectivity index (χ0v) is 7.95. The summed E-state index contributed by atoms with van der Waals surface area (Å²) in [6, 6.07) is 1.20. The van der Waals surface area contributed by atoms with Crippen LogP contribution >= 0.6 is 0 Å². The number of pyridine rings is 1. The normalized spacial score (nSPS) is 10.3. The Bertz CT molecular complexity index is 353. The lowest BCUT2D eigenvalue weighted by atomic mass is 10.2. The molecule has 1 aromatic heterocycles. The molecule has 14 heavy (non-hydrogen) atoms. The third kappa shape index (κ3) is 2.42. The van der Waals surface area contributed by atoms with E-state index in [9.17, 15) is 9.18 Å². The Morgan fingerprint density at radius 2 is 2.29 bits per heavy atom. The highest BCUT2D eigenvalue weighted by molar-refractivity contribution is 5.90. The highest BCUT2D eigenvalue weighted by atomic mass is 19.1. The first-order chi connectivity index (χ1) is 6.50. The largest absolute Gasteiger partial charge is 0.459 e. The minimum Gasteiger partial charge on any atom is -0.459 e. The summed E-state index contributed by atoms with van der Waals surface area (Å²) in [5, 5.41) is 0. The molecule has 0 bridgehead atoms. The molecule has 4 nitrogen and oxygen atoms in total. The summed E-state index contributed by atoms with van der Waals surface area (Å²) in [7, 11) is 0. The minimum absolute atomic E-state index is 0.224. The first kappa shape index (κ1) is 10.4. The van der Waals surface area contributed by atoms with Crippen molar-refractivity contribution in [3.8, 4) is 0 Å². The monoisotopic (exact) mass is 198 g/mol. The van der Waals surface area contributed by atoms with E-state index in [4.69, 9.17) is 10.5 Å². The van der Waals surface area contributed by atoms with Crippen molar-refractivity contribution < 1.29 is 13.9 Å². The van der Waals surface area contributed by atoms with Gasteiger partial charge in [0.15, 0.2) is 0 Å². The van der Waals surface area contributed by atoms with Crippen molar-refractivity contribution in [1.29, 1.82) is 0 Å². The number of esters is 1. The average molecular weight is 198 g/mol. The van der Waals surface area contributed by atoms with Crippen molar-refractivity contribution in [2.45, 2.75) is 20.0 Å². The number of nitrogens with two attached hydrogens (primary N) is 1. The second-order valence-electron chi connectivity index (χ2n) is 3.06. The van der Waals surface area contributed by atoms with Gasteiger partial charge in [0.05, 0.1) is 18.0 Å². The van der Waals surface area contributed by atoms with E-state index >= 15 is 0 Å². The van der Waals surface area contributed by atoms with E-state index in [1.165, 1.54) is 6.07 Å². The van der Waals surface area contributed by atoms with E-state index < -0.39 is 11.9 Å². The third-order valence-electron chi connectivity index (χ3n) is 1.42. The first-order valence-corrected chi connectivity index (χ1v) is 4.12. The number of hydrogen-bond donors (Lipinski definition) is 1. The smallest absolute Gasteiger partial charge is 0.343 e. The molecule has 0 saturated heterocycles. The Labute approximate surface area is 80.9 Å². The third-order valence-corrected chi connectivity index (χ3v) is 1.42. The quantitative estimate of drug-likeness (QED) is 0.575. The molecule has 0 spiro atoms. The van der Waals surface area contributed by atoms with Crippen molar-refractivity contribution in [2.75, 3.05) is 5.73 Å². The van der Waals surface area contributed by atoms with Crippen LogP contribution in [0.3, 0.4) is 0 Å². The number of carbonyl (C=O) groups is 1. The van der Waals surface area contributed by atoms with Gasteiger partial charge in [-0.3, -0.25) is 0 Å². The Morgan fingerprint density at radius 3 is 2.86 bits per heavy atom. The number of rotatable bonds is 2. The van der Waals surface area contributed by atoms with Gasteiger partial charge in [-0.1, -0.05) is 0 Å². The summed E-state index contributed by atoms with van der Waals surface area (Å²) in [6.07, 6.45) is 0.838. The van der Waals surface area contributed by atoms with Crippen molar-refractivity contribution in [3.63, 3.8) is 0 Å². The summed E-state index contributed by atoms with van der Waals surface area (Å²) < 4.78 is 17.8. The number of hydrogen-bond acceptors (Lipinski definition) is 4. The van der Waals surface area contributed by atoms with Crippen molar-refractivity contribution >= 4 is 11.7 Å². The van der Waals surface area contributed by atoms with E-state index in [0.29, 0.717) is 0 Å². The predicted molar refractivity (Wildman–Crippen MR) is 49.2 cm³/mol. The van der Waals surface area contributed by atoms with E-state index in [0.717, 1.165) is 6.20 Å². The SMILES string of the molecule is CC(C)OC(=O)c1cc(N)cnc1F. The molecule has 76 valence electrons. The van der Waals surface area contributed by atoms with Gasteiger partial charge in [0.2, 0.25) is 5.95 Å². The number of halogens is 1. The molecule has 1 rings (SSSR count). The maximum absolute atomic E-state index is 13.0. The lowest BCUT2D eigenvalue weighted by molar-refractivity contribution is 0.0371. The molecule has 0 atom stereocenters. The summed E-state index contributed by atoms with van der Waals surface area (Å²) in [4.78, 5) is 14.6. The van der Waals surface area contributed by atoms with Gasteiger partial charge in [-0.05, 0) is 19.9 Å². The van der Waals surface area contributed by atoms with Crippen LogP contribution < -0.4 is 5.73 Å². The van der Waals surface area contributed by atoms with Gasteiger partial charge in [-0.25, -0.2) is 9.78 Å². The van der Waals surface area contributed by atoms with Crippen LogP contribution in [0.25, 0.3) is 0 Å². The molecule has 0 aliphatic carbocycles. The second-order valence-corrected chi connectivity index (χ2v) is 3.06. The average Bonchev–Trinajstić information content (AvgIpc) is 2.08. The van der Waals surface area contributed by atoms with Crippen molar-refractivity contribution in [1.82, 2.24) is 4.98 Å². The molecule has 5 heteroatoms. The van der Waals surface area contributed by atoms with Crippen LogP contribution in [-0.2, 0) is 4.74 Å². The van der Waals surface area contributed by atoms with Gasteiger partial charge in [0.25, 0.3) is 0 Å². The van der Waals surface area contributed by atoms with Crippen LogP contribution in [0.15, 0.2) is 12.3 Å². The van der Waals surface area contributed by atoms with Crippen LogP contribution in [0.5, 0.6) is 0 Å². The molecule has 0 aromatic carbocycles. The second kappa shape index (κ2) is 4.04. The van der Waals surface area contributed by atoms with Crippen LogP contribution in [0.2, 0.25) is 0 Å². The number of nitrogens with zero attached hydrogens (tertiary/aromatic N) is 1. The van der Waals surface area contributed by atoms with E-state index in [1.807, 2.05) is 0 Å². The summed E-state index contributed by atoms with van der Waals surface area (Å²) in [5.41, 5.74) is 5.35. The molecule has 0 unspecified atom stereocenters. The minimum atomic E-state index is -0.871. The predicted octanol–water partition coefficient (Wildman–Crippen LogP) is 1.37. The van der Waals surface area contributed by atoms with E-state index in [-0.39, 0.29) is 17.4 Å². The highest BCUT2D eigenvalue weighted by Crippen LogP contribution is 2.11. The number of aromatic nitrogens is 1. The summed E-state index contributed by atoms with van der Waals surface area (Å²) in [5.74, 6) is -1.62. The molecule has 0 radical (unpaired) electrons. The highest BCUT2D eigenvalue weighted by Gasteiger charge is 2.15. The van der Waals surface area contributed by atoms with Crippen molar-refractivity contribution in [3.05, 3.63) is 23.8 Å². The molecule has 1 aromatic rings. The fourth-order valence-electron chi connectivity index (χ4n) is 0.885. The molecule has 0 saturated carbocycles. The van der Waals surface area contributed by atoms with Gasteiger partial charge < -0.3 is 10.5 Å². The van der Waals surface area contributed by atoms with Crippen LogP contribution in [0.1, 0.15) is 24.2 Å². The molecular weight excluding hydrogens is 187 g/mol. The molecule has 1 heterocycles. The van der Waals surface area contributed by atoms with E-state index in [1.54, 1.807) is 13.8 Å². The van der Waals surface area contributed by atoms with Crippen LogP contribution in [0, 0.1) is 5.95 Å². The van der Waals surface area contributed by atoms with Crippen LogP contribution in [-0.4, -0.2) is 17.1 Å². The van der Waals surface area contributed by atoms with Crippen molar-refractivity contribution in [2.24, 2.45) is 0 Å². The first-order valence-electron chi connectivity index (χ1n) is 4.12. The maximum atomic E-state index is 13.0. The van der Waals surface area contributed by atoms with Gasteiger partial charge in [0.1, 0.15) is 5.56 Å². The van der Waals surface area contributed by atoms with Gasteiger partial charge in [0, 0.05) is 0 Å². The van der Waals surface area contributed by atoms with Crippen LogP contribution in [0.4, 0.5) is 10.1 Å². The molecule has 0 aliphatic rings. The Balaban J connectivity index is 2.94. The maximum Gasteiger partial charge on any atom is 0.343 e. The fraction of sp³-hybridized carbons (Fsp3) is 0.333. The van der Waals surface area contributed by atoms with Gasteiger partial charge >= 0.3 is 5.97 Å². The number of carbonyl (C=O) groups excluding carboxylic acids is 1. The molecule has 0 amide bonds. The Hall–Kier alpha value is -1.65. The summed E-state index contributed by atoms with van der Waals surface area (Å²) >= 11 is 0. The summed E-state index contributed by atoms with van der Waals surface area (Å²) in [6.45, 7) is 3.35. The molecule has 0 aliphatic heterocycles. The van der Waals surface area contributed by atoms with Gasteiger partial charge in [-0.15, -0.1) is 0 Å². The lowest BCUT2D eigenvalue weighted by Gasteiger charge is -2.08. The van der Waals surface area contributed by atoms with Gasteiger partial charge in [-0.2, -0.15) is 4.39 Å². The number of nitrogen functional groups attached to an aromatic ring is 1.